The van der Waals surface area contributed by atoms with E-state index in [-0.39, 0.29) is 11.8 Å². The van der Waals surface area contributed by atoms with E-state index in [1.165, 1.54) is 0 Å². The first-order valence-electron chi connectivity index (χ1n) is 13.8. The maximum atomic E-state index is 13.4. The number of halogens is 2. The molecule has 212 valence electrons. The standard InChI is InChI=1S/C30H35Cl2N5O3/c1-33-22-7-3-5-20(26(22)31)21-6-4-8-23(27(21)32)35-29(38)28-34-24-17-37(16-14-25(24)36(28)2)15-13-18-9-11-19(12-10-18)30(39)40/h3-8,18-19,33H,9-17H2,1-2H3,(H,35,38)(H,39,40). The van der Waals surface area contributed by atoms with Crippen LogP contribution in [0.25, 0.3) is 11.1 Å². The molecule has 1 saturated carbocycles. The van der Waals surface area contributed by atoms with Gasteiger partial charge in [-0.05, 0) is 56.7 Å². The molecule has 5 rings (SSSR count). The van der Waals surface area contributed by atoms with Crippen LogP contribution in [0.3, 0.4) is 0 Å². The average Bonchev–Trinajstić information content (AvgIpc) is 3.29. The Bertz CT molecular complexity index is 1410. The van der Waals surface area contributed by atoms with Crippen LogP contribution < -0.4 is 10.6 Å². The summed E-state index contributed by atoms with van der Waals surface area (Å²) >= 11 is 13.4. The number of hydrogen-bond donors (Lipinski definition) is 3. The van der Waals surface area contributed by atoms with Gasteiger partial charge < -0.3 is 20.3 Å². The van der Waals surface area contributed by atoms with E-state index in [0.29, 0.717) is 34.0 Å². The van der Waals surface area contributed by atoms with E-state index in [1.807, 2.05) is 49.0 Å². The minimum absolute atomic E-state index is 0.174. The van der Waals surface area contributed by atoms with Crippen LogP contribution in [0.1, 0.15) is 54.1 Å². The molecule has 2 aliphatic rings. The van der Waals surface area contributed by atoms with Crippen molar-refractivity contribution in [3.05, 3.63) is 63.7 Å². The summed E-state index contributed by atoms with van der Waals surface area (Å²) in [6.45, 7) is 2.58. The zero-order valence-electron chi connectivity index (χ0n) is 22.8. The Morgan fingerprint density at radius 2 is 1.68 bits per heavy atom. The van der Waals surface area contributed by atoms with Crippen molar-refractivity contribution in [2.45, 2.75) is 45.1 Å². The number of nitrogens with zero attached hydrogens (tertiary/aromatic N) is 3. The van der Waals surface area contributed by atoms with Gasteiger partial charge >= 0.3 is 5.97 Å². The molecule has 10 heteroatoms. The summed E-state index contributed by atoms with van der Waals surface area (Å²) in [6.07, 6.45) is 5.43. The highest BCUT2D eigenvalue weighted by Gasteiger charge is 2.28. The number of aliphatic carboxylic acids is 1. The van der Waals surface area contributed by atoms with E-state index in [4.69, 9.17) is 28.2 Å². The number of carbonyl (C=O) groups is 2. The van der Waals surface area contributed by atoms with Crippen molar-refractivity contribution >= 4 is 46.5 Å². The number of carboxylic acids is 1. The Balaban J connectivity index is 1.25. The number of anilines is 2. The van der Waals surface area contributed by atoms with Gasteiger partial charge in [0.25, 0.3) is 5.91 Å². The summed E-state index contributed by atoms with van der Waals surface area (Å²) < 4.78 is 1.89. The number of benzene rings is 2. The summed E-state index contributed by atoms with van der Waals surface area (Å²) in [5.41, 5.74) is 4.81. The summed E-state index contributed by atoms with van der Waals surface area (Å²) in [5.74, 6) is -0.205. The number of carboxylic acid groups (broad SMARTS) is 1. The topological polar surface area (TPSA) is 99.5 Å². The molecule has 1 amide bonds. The highest BCUT2D eigenvalue weighted by atomic mass is 35.5. The normalized spacial score (nSPS) is 19.2. The van der Waals surface area contributed by atoms with E-state index in [0.717, 1.165) is 79.8 Å². The molecule has 2 heterocycles. The lowest BCUT2D eigenvalue weighted by molar-refractivity contribution is -0.143. The number of fused-ring (bicyclic) bond motifs is 1. The predicted molar refractivity (Wildman–Crippen MR) is 159 cm³/mol. The smallest absolute Gasteiger partial charge is 0.306 e. The minimum atomic E-state index is -0.657. The van der Waals surface area contributed by atoms with Gasteiger partial charge in [-0.2, -0.15) is 0 Å². The lowest BCUT2D eigenvalue weighted by Gasteiger charge is -2.30. The molecule has 1 aliphatic carbocycles. The Hall–Kier alpha value is -3.07. The highest BCUT2D eigenvalue weighted by molar-refractivity contribution is 6.39. The zero-order valence-corrected chi connectivity index (χ0v) is 24.4. The number of nitrogens with one attached hydrogen (secondary N) is 2. The van der Waals surface area contributed by atoms with Crippen LogP contribution in [0.4, 0.5) is 11.4 Å². The minimum Gasteiger partial charge on any atom is -0.481 e. The molecule has 0 bridgehead atoms. The summed E-state index contributed by atoms with van der Waals surface area (Å²) in [7, 11) is 3.70. The molecule has 1 aliphatic heterocycles. The molecule has 1 aromatic heterocycles. The van der Waals surface area contributed by atoms with E-state index < -0.39 is 5.97 Å². The predicted octanol–water partition coefficient (Wildman–Crippen LogP) is 6.33. The number of carbonyl (C=O) groups excluding carboxylic acids is 1. The molecule has 2 aromatic carbocycles. The summed E-state index contributed by atoms with van der Waals surface area (Å²) in [4.78, 5) is 31.7. The lowest BCUT2D eigenvalue weighted by atomic mass is 9.80. The molecule has 40 heavy (non-hydrogen) atoms. The van der Waals surface area contributed by atoms with Crippen LogP contribution in [0.5, 0.6) is 0 Å². The van der Waals surface area contributed by atoms with Crippen LogP contribution in [-0.4, -0.2) is 51.6 Å². The van der Waals surface area contributed by atoms with Gasteiger partial charge in [0.15, 0.2) is 5.82 Å². The number of rotatable bonds is 8. The first-order valence-corrected chi connectivity index (χ1v) is 14.6. The molecule has 8 nitrogen and oxygen atoms in total. The van der Waals surface area contributed by atoms with E-state index in [1.54, 1.807) is 6.07 Å². The molecule has 0 radical (unpaired) electrons. The Kier molecular flexibility index (Phi) is 8.68. The molecular weight excluding hydrogens is 549 g/mol. The second kappa shape index (κ2) is 12.2. The van der Waals surface area contributed by atoms with Crippen molar-refractivity contribution < 1.29 is 14.7 Å². The molecule has 0 spiro atoms. The van der Waals surface area contributed by atoms with Crippen LogP contribution in [0.2, 0.25) is 10.0 Å². The maximum Gasteiger partial charge on any atom is 0.306 e. The Labute approximate surface area is 244 Å². The average molecular weight is 585 g/mol. The molecular formula is C30H35Cl2N5O3. The largest absolute Gasteiger partial charge is 0.481 e. The van der Waals surface area contributed by atoms with Gasteiger partial charge in [0.2, 0.25) is 0 Å². The summed E-state index contributed by atoms with van der Waals surface area (Å²) in [5, 5.41) is 16.2. The fraction of sp³-hybridized carbons (Fsp3) is 0.433. The first kappa shape index (κ1) is 28.5. The first-order chi connectivity index (χ1) is 19.3. The van der Waals surface area contributed by atoms with Gasteiger partial charge in [-0.3, -0.25) is 14.5 Å². The Morgan fingerprint density at radius 1 is 1.02 bits per heavy atom. The monoisotopic (exact) mass is 583 g/mol. The number of aromatic nitrogens is 2. The third kappa shape index (κ3) is 5.85. The third-order valence-corrected chi connectivity index (χ3v) is 9.21. The van der Waals surface area contributed by atoms with E-state index >= 15 is 0 Å². The third-order valence-electron chi connectivity index (χ3n) is 8.39. The van der Waals surface area contributed by atoms with Gasteiger partial charge in [-0.1, -0.05) is 47.5 Å². The molecule has 0 atom stereocenters. The van der Waals surface area contributed by atoms with Gasteiger partial charge in [0, 0.05) is 50.4 Å². The van der Waals surface area contributed by atoms with Gasteiger partial charge in [0.1, 0.15) is 0 Å². The van der Waals surface area contributed by atoms with Gasteiger partial charge in [-0.15, -0.1) is 0 Å². The number of hydrogen-bond acceptors (Lipinski definition) is 5. The van der Waals surface area contributed by atoms with Gasteiger partial charge in [0.05, 0.1) is 33.0 Å². The molecule has 3 N–H and O–H groups in total. The highest BCUT2D eigenvalue weighted by Crippen LogP contribution is 2.40. The van der Waals surface area contributed by atoms with Crippen molar-refractivity contribution in [1.29, 1.82) is 0 Å². The van der Waals surface area contributed by atoms with Crippen molar-refractivity contribution in [3.63, 3.8) is 0 Å². The number of imidazole rings is 1. The Morgan fingerprint density at radius 3 is 2.33 bits per heavy atom. The van der Waals surface area contributed by atoms with Crippen molar-refractivity contribution in [2.75, 3.05) is 30.8 Å². The van der Waals surface area contributed by atoms with Crippen LogP contribution in [-0.2, 0) is 24.8 Å². The molecule has 0 unspecified atom stereocenters. The zero-order chi connectivity index (χ0) is 28.4. The van der Waals surface area contributed by atoms with Crippen molar-refractivity contribution in [3.8, 4) is 11.1 Å². The van der Waals surface area contributed by atoms with Crippen molar-refractivity contribution in [2.24, 2.45) is 18.9 Å². The molecule has 0 saturated heterocycles. The SMILES string of the molecule is CNc1cccc(-c2cccc(NC(=O)c3nc4c(n3C)CCN(CCC3CCC(C(=O)O)CC3)C4)c2Cl)c1Cl. The fourth-order valence-corrected chi connectivity index (χ4v) is 6.58. The quantitative estimate of drug-likeness (QED) is 0.286. The van der Waals surface area contributed by atoms with E-state index in [2.05, 4.69) is 15.5 Å². The van der Waals surface area contributed by atoms with Crippen LogP contribution in [0, 0.1) is 11.8 Å². The summed E-state index contributed by atoms with van der Waals surface area (Å²) in [6, 6.07) is 11.2. The number of amides is 1. The molecule has 3 aromatic rings. The maximum absolute atomic E-state index is 13.4. The second-order valence-corrected chi connectivity index (χ2v) is 11.6. The van der Waals surface area contributed by atoms with E-state index in [9.17, 15) is 14.7 Å². The van der Waals surface area contributed by atoms with Crippen LogP contribution >= 0.6 is 23.2 Å². The van der Waals surface area contributed by atoms with Gasteiger partial charge in [-0.25, -0.2) is 4.98 Å². The van der Waals surface area contributed by atoms with Crippen LogP contribution in [0.15, 0.2) is 36.4 Å². The molecule has 1 fully saturated rings. The fourth-order valence-electron chi connectivity index (χ4n) is 5.99. The van der Waals surface area contributed by atoms with Crippen molar-refractivity contribution in [1.82, 2.24) is 14.5 Å². The second-order valence-electron chi connectivity index (χ2n) is 10.8. The lowest BCUT2D eigenvalue weighted by Crippen LogP contribution is -2.33.